The first-order valence-corrected chi connectivity index (χ1v) is 11.1. The maximum absolute atomic E-state index is 13.0. The van der Waals surface area contributed by atoms with Gasteiger partial charge in [-0.05, 0) is 63.0 Å². The van der Waals surface area contributed by atoms with E-state index in [1.807, 2.05) is 12.1 Å². The van der Waals surface area contributed by atoms with Crippen LogP contribution in [-0.4, -0.2) is 65.3 Å². The molecule has 0 spiro atoms. The highest BCUT2D eigenvalue weighted by molar-refractivity contribution is 9.10. The van der Waals surface area contributed by atoms with Crippen molar-refractivity contribution >= 4 is 39.3 Å². The fraction of sp³-hybridized carbons (Fsp3) is 0.571. The van der Waals surface area contributed by atoms with Gasteiger partial charge in [-0.1, -0.05) is 22.4 Å². The average Bonchev–Trinajstić information content (AvgIpc) is 3.03. The minimum absolute atomic E-state index is 0.176. The Morgan fingerprint density at radius 3 is 2.21 bits per heavy atom. The lowest BCUT2D eigenvalue weighted by Crippen LogP contribution is -2.64. The fourth-order valence-corrected chi connectivity index (χ4v) is 5.27. The highest BCUT2D eigenvalue weighted by Gasteiger charge is 2.49. The van der Waals surface area contributed by atoms with Crippen molar-refractivity contribution in [3.8, 4) is 0 Å². The zero-order chi connectivity index (χ0) is 20.6. The molecule has 1 aromatic rings. The van der Waals surface area contributed by atoms with E-state index in [1.54, 1.807) is 12.1 Å². The Kier molecular flexibility index (Phi) is 5.77. The standard InChI is InChI=1S/C21H27BrN4O3/c22-15-4-6-16(7-5-15)26-18(27)14-17(19(26)28)24-12-8-21(9-13-24,20(23)29)25-10-2-1-3-11-25/h4-7,17H,1-3,8-14H2,(H2,23,29). The molecule has 3 heterocycles. The number of nitrogens with two attached hydrogens (primary N) is 1. The maximum atomic E-state index is 13.0. The summed E-state index contributed by atoms with van der Waals surface area (Å²) in [6.07, 6.45) is 4.79. The van der Waals surface area contributed by atoms with Gasteiger partial charge in [0, 0.05) is 17.6 Å². The molecule has 4 rings (SSSR count). The van der Waals surface area contributed by atoms with Gasteiger partial charge in [0.2, 0.25) is 11.8 Å². The van der Waals surface area contributed by atoms with Gasteiger partial charge >= 0.3 is 0 Å². The third kappa shape index (κ3) is 3.73. The van der Waals surface area contributed by atoms with Crippen LogP contribution in [0.15, 0.2) is 28.7 Å². The molecule has 0 radical (unpaired) electrons. The molecule has 29 heavy (non-hydrogen) atoms. The van der Waals surface area contributed by atoms with E-state index in [1.165, 1.54) is 11.3 Å². The number of piperidine rings is 2. The molecular formula is C21H27BrN4O3. The number of halogens is 1. The van der Waals surface area contributed by atoms with Gasteiger partial charge in [-0.2, -0.15) is 0 Å². The van der Waals surface area contributed by atoms with Crippen LogP contribution in [0.1, 0.15) is 38.5 Å². The van der Waals surface area contributed by atoms with Gasteiger partial charge in [-0.25, -0.2) is 4.90 Å². The van der Waals surface area contributed by atoms with E-state index in [9.17, 15) is 14.4 Å². The largest absolute Gasteiger partial charge is 0.368 e. The summed E-state index contributed by atoms with van der Waals surface area (Å²) in [7, 11) is 0. The van der Waals surface area contributed by atoms with Crippen LogP contribution >= 0.6 is 15.9 Å². The first-order chi connectivity index (χ1) is 13.9. The predicted octanol–water partition coefficient (Wildman–Crippen LogP) is 1.89. The first kappa shape index (κ1) is 20.5. The van der Waals surface area contributed by atoms with Gasteiger partial charge in [0.15, 0.2) is 0 Å². The molecule has 8 heteroatoms. The molecule has 3 fully saturated rings. The Morgan fingerprint density at radius 2 is 1.62 bits per heavy atom. The second kappa shape index (κ2) is 8.16. The Morgan fingerprint density at radius 1 is 1.00 bits per heavy atom. The van der Waals surface area contributed by atoms with E-state index in [2.05, 4.69) is 25.7 Å². The smallest absolute Gasteiger partial charge is 0.251 e. The zero-order valence-corrected chi connectivity index (χ0v) is 18.1. The van der Waals surface area contributed by atoms with E-state index >= 15 is 0 Å². The van der Waals surface area contributed by atoms with E-state index in [4.69, 9.17) is 5.73 Å². The molecule has 1 unspecified atom stereocenters. The number of hydrogen-bond donors (Lipinski definition) is 1. The van der Waals surface area contributed by atoms with Crippen LogP contribution in [0.25, 0.3) is 0 Å². The summed E-state index contributed by atoms with van der Waals surface area (Å²) in [5.41, 5.74) is 5.84. The number of imide groups is 1. The molecule has 3 aliphatic rings. The normalized spacial score (nSPS) is 26.1. The molecule has 1 aromatic carbocycles. The van der Waals surface area contributed by atoms with Crippen molar-refractivity contribution in [3.63, 3.8) is 0 Å². The molecule has 3 aliphatic heterocycles. The fourth-order valence-electron chi connectivity index (χ4n) is 5.01. The molecule has 1 atom stereocenters. The monoisotopic (exact) mass is 462 g/mol. The van der Waals surface area contributed by atoms with Crippen LogP contribution in [-0.2, 0) is 14.4 Å². The molecule has 3 amide bonds. The van der Waals surface area contributed by atoms with Crippen LogP contribution < -0.4 is 10.6 Å². The lowest BCUT2D eigenvalue weighted by atomic mass is 9.83. The van der Waals surface area contributed by atoms with E-state index in [0.29, 0.717) is 31.6 Å². The number of hydrogen-bond acceptors (Lipinski definition) is 5. The summed E-state index contributed by atoms with van der Waals surface area (Å²) < 4.78 is 0.897. The number of benzene rings is 1. The lowest BCUT2D eigenvalue weighted by molar-refractivity contribution is -0.136. The molecule has 7 nitrogen and oxygen atoms in total. The van der Waals surface area contributed by atoms with Crippen LogP contribution in [0.3, 0.4) is 0 Å². The molecule has 0 aromatic heterocycles. The number of carbonyl (C=O) groups is 3. The van der Waals surface area contributed by atoms with Gasteiger partial charge in [-0.3, -0.25) is 24.2 Å². The molecule has 3 saturated heterocycles. The van der Waals surface area contributed by atoms with Gasteiger partial charge in [0.25, 0.3) is 5.91 Å². The molecular weight excluding hydrogens is 436 g/mol. The summed E-state index contributed by atoms with van der Waals surface area (Å²) in [6.45, 7) is 3.00. The van der Waals surface area contributed by atoms with Gasteiger partial charge < -0.3 is 5.73 Å². The van der Waals surface area contributed by atoms with Crippen LogP contribution in [0, 0.1) is 0 Å². The average molecular weight is 463 g/mol. The van der Waals surface area contributed by atoms with Crippen molar-refractivity contribution in [2.75, 3.05) is 31.1 Å². The quantitative estimate of drug-likeness (QED) is 0.690. The first-order valence-electron chi connectivity index (χ1n) is 10.3. The Balaban J connectivity index is 1.47. The number of nitrogens with zero attached hydrogens (tertiary/aromatic N) is 3. The number of rotatable bonds is 4. The molecule has 0 saturated carbocycles. The van der Waals surface area contributed by atoms with Crippen molar-refractivity contribution < 1.29 is 14.4 Å². The third-order valence-electron chi connectivity index (χ3n) is 6.69. The highest BCUT2D eigenvalue weighted by Crippen LogP contribution is 2.34. The Hall–Kier alpha value is -1.77. The number of carbonyl (C=O) groups excluding carboxylic acids is 3. The van der Waals surface area contributed by atoms with Crippen molar-refractivity contribution in [1.29, 1.82) is 0 Å². The van der Waals surface area contributed by atoms with Gasteiger partial charge in [-0.15, -0.1) is 0 Å². The van der Waals surface area contributed by atoms with E-state index in [-0.39, 0.29) is 24.1 Å². The lowest BCUT2D eigenvalue weighted by Gasteiger charge is -2.48. The number of primary amides is 1. The summed E-state index contributed by atoms with van der Waals surface area (Å²) in [6, 6.07) is 6.73. The predicted molar refractivity (Wildman–Crippen MR) is 113 cm³/mol. The number of anilines is 1. The minimum atomic E-state index is -0.617. The van der Waals surface area contributed by atoms with Crippen LogP contribution in [0.4, 0.5) is 5.69 Å². The summed E-state index contributed by atoms with van der Waals surface area (Å²) in [5.74, 6) is -0.615. The number of amides is 3. The highest BCUT2D eigenvalue weighted by atomic mass is 79.9. The van der Waals surface area contributed by atoms with Gasteiger partial charge in [0.05, 0.1) is 18.2 Å². The van der Waals surface area contributed by atoms with Crippen LogP contribution in [0.5, 0.6) is 0 Å². The Labute approximate surface area is 179 Å². The zero-order valence-electron chi connectivity index (χ0n) is 16.5. The molecule has 2 N–H and O–H groups in total. The van der Waals surface area contributed by atoms with Crippen LogP contribution in [0.2, 0.25) is 0 Å². The minimum Gasteiger partial charge on any atom is -0.368 e. The SMILES string of the molecule is NC(=O)C1(N2CCCCC2)CCN(C2CC(=O)N(c3ccc(Br)cc3)C2=O)CC1. The van der Waals surface area contributed by atoms with Crippen molar-refractivity contribution in [1.82, 2.24) is 9.80 Å². The van der Waals surface area contributed by atoms with E-state index in [0.717, 1.165) is 30.4 Å². The second-order valence-electron chi connectivity index (χ2n) is 8.24. The summed E-state index contributed by atoms with van der Waals surface area (Å²) in [5, 5.41) is 0. The topological polar surface area (TPSA) is 87.0 Å². The van der Waals surface area contributed by atoms with E-state index < -0.39 is 11.6 Å². The Bertz CT molecular complexity index is 799. The molecule has 156 valence electrons. The van der Waals surface area contributed by atoms with Crippen molar-refractivity contribution in [2.45, 2.75) is 50.1 Å². The van der Waals surface area contributed by atoms with Crippen molar-refractivity contribution in [2.24, 2.45) is 5.73 Å². The second-order valence-corrected chi connectivity index (χ2v) is 9.16. The maximum Gasteiger partial charge on any atom is 0.251 e. The third-order valence-corrected chi connectivity index (χ3v) is 7.22. The summed E-state index contributed by atoms with van der Waals surface area (Å²) in [4.78, 5) is 43.7. The van der Waals surface area contributed by atoms with Gasteiger partial charge in [0.1, 0.15) is 5.54 Å². The molecule has 0 bridgehead atoms. The summed E-state index contributed by atoms with van der Waals surface area (Å²) >= 11 is 3.38. The number of likely N-dealkylation sites (tertiary alicyclic amines) is 2. The molecule has 0 aliphatic carbocycles. The van der Waals surface area contributed by atoms with Crippen molar-refractivity contribution in [3.05, 3.63) is 28.7 Å².